The number of nitro benzene ring substituents is 1. The van der Waals surface area contributed by atoms with Crippen LogP contribution in [0.1, 0.15) is 17.1 Å². The van der Waals surface area contributed by atoms with Crippen molar-refractivity contribution < 1.29 is 4.92 Å². The number of nitriles is 2. The predicted molar refractivity (Wildman–Crippen MR) is 76.5 cm³/mol. The molecule has 22 heavy (non-hydrogen) atoms. The van der Waals surface area contributed by atoms with E-state index in [1.807, 2.05) is 0 Å². The second kappa shape index (κ2) is 6.15. The molecular formula is C13H9N7O2. The van der Waals surface area contributed by atoms with Crippen molar-refractivity contribution in [3.8, 4) is 12.1 Å². The van der Waals surface area contributed by atoms with Crippen LogP contribution in [0.15, 0.2) is 24.3 Å². The van der Waals surface area contributed by atoms with Crippen LogP contribution in [0.4, 0.5) is 17.2 Å². The van der Waals surface area contributed by atoms with Gasteiger partial charge in [-0.15, -0.1) is 0 Å². The Morgan fingerprint density at radius 2 is 1.77 bits per heavy atom. The van der Waals surface area contributed by atoms with Crippen molar-refractivity contribution in [1.29, 1.82) is 10.5 Å². The van der Waals surface area contributed by atoms with Crippen molar-refractivity contribution >= 4 is 17.2 Å². The summed E-state index contributed by atoms with van der Waals surface area (Å²) in [5, 5.41) is 28.7. The highest BCUT2D eigenvalue weighted by molar-refractivity contribution is 5.63. The topological polar surface area (TPSA) is 141 Å². The van der Waals surface area contributed by atoms with Crippen molar-refractivity contribution in [2.75, 3.05) is 10.9 Å². The molecule has 9 heteroatoms. The highest BCUT2D eigenvalue weighted by Gasteiger charge is 2.14. The zero-order valence-electron chi connectivity index (χ0n) is 11.4. The molecule has 108 valence electrons. The number of hydrazine groups is 1. The summed E-state index contributed by atoms with van der Waals surface area (Å²) in [5.41, 5.74) is 5.61. The van der Waals surface area contributed by atoms with Crippen LogP contribution in [-0.2, 0) is 0 Å². The Morgan fingerprint density at radius 3 is 2.41 bits per heavy atom. The molecule has 0 saturated heterocycles. The van der Waals surface area contributed by atoms with E-state index in [2.05, 4.69) is 20.8 Å². The number of para-hydroxylation sites is 2. The molecule has 0 fully saturated rings. The minimum atomic E-state index is -0.526. The number of anilines is 2. The van der Waals surface area contributed by atoms with E-state index in [-0.39, 0.29) is 28.6 Å². The van der Waals surface area contributed by atoms with Crippen molar-refractivity contribution in [2.24, 2.45) is 0 Å². The van der Waals surface area contributed by atoms with E-state index in [1.165, 1.54) is 12.1 Å². The molecule has 0 bridgehead atoms. The van der Waals surface area contributed by atoms with Gasteiger partial charge >= 0.3 is 0 Å². The molecule has 1 aromatic carbocycles. The smallest absolute Gasteiger partial charge is 0.293 e. The SMILES string of the molecule is Cc1nc(C#N)c(C#N)nc1NNc1ccccc1[N+](=O)[O-]. The number of nitrogens with zero attached hydrogens (tertiary/aromatic N) is 5. The maximum absolute atomic E-state index is 10.9. The molecule has 0 atom stereocenters. The Labute approximate surface area is 125 Å². The average molecular weight is 295 g/mol. The average Bonchev–Trinajstić information content (AvgIpc) is 2.53. The Balaban J connectivity index is 2.29. The lowest BCUT2D eigenvalue weighted by Gasteiger charge is -2.11. The van der Waals surface area contributed by atoms with Crippen LogP contribution >= 0.6 is 0 Å². The lowest BCUT2D eigenvalue weighted by Crippen LogP contribution is -2.14. The summed E-state index contributed by atoms with van der Waals surface area (Å²) in [4.78, 5) is 18.3. The van der Waals surface area contributed by atoms with Gasteiger partial charge < -0.3 is 0 Å². The predicted octanol–water partition coefficient (Wildman–Crippen LogP) is 1.88. The number of nitrogens with one attached hydrogen (secondary N) is 2. The normalized spacial score (nSPS) is 9.41. The number of aryl methyl sites for hydroxylation is 1. The molecule has 1 aromatic heterocycles. The third-order valence-corrected chi connectivity index (χ3v) is 2.70. The van der Waals surface area contributed by atoms with Gasteiger partial charge in [0, 0.05) is 6.07 Å². The molecule has 0 aliphatic carbocycles. The minimum absolute atomic E-state index is 0.0729. The number of rotatable bonds is 4. The Bertz CT molecular complexity index is 820. The summed E-state index contributed by atoms with van der Waals surface area (Å²) in [5.74, 6) is 0.203. The largest absolute Gasteiger partial charge is 0.294 e. The summed E-state index contributed by atoms with van der Waals surface area (Å²) in [7, 11) is 0. The van der Waals surface area contributed by atoms with Gasteiger partial charge in [-0.05, 0) is 13.0 Å². The molecule has 0 amide bonds. The minimum Gasteiger partial charge on any atom is -0.293 e. The van der Waals surface area contributed by atoms with Gasteiger partial charge in [0.15, 0.2) is 17.2 Å². The van der Waals surface area contributed by atoms with Gasteiger partial charge in [0.2, 0.25) is 0 Å². The molecule has 0 aliphatic heterocycles. The van der Waals surface area contributed by atoms with Crippen molar-refractivity contribution in [3.05, 3.63) is 51.5 Å². The monoisotopic (exact) mass is 295 g/mol. The van der Waals surface area contributed by atoms with Crippen LogP contribution in [0.3, 0.4) is 0 Å². The Kier molecular flexibility index (Phi) is 4.11. The highest BCUT2D eigenvalue weighted by Crippen LogP contribution is 2.23. The number of aromatic nitrogens is 2. The summed E-state index contributed by atoms with van der Waals surface area (Å²) in [6.07, 6.45) is 0. The maximum Gasteiger partial charge on any atom is 0.294 e. The van der Waals surface area contributed by atoms with E-state index in [0.717, 1.165) is 0 Å². The first-order chi connectivity index (χ1) is 10.6. The molecule has 0 unspecified atom stereocenters. The van der Waals surface area contributed by atoms with Gasteiger partial charge in [0.05, 0.1) is 10.6 Å². The maximum atomic E-state index is 10.9. The van der Waals surface area contributed by atoms with E-state index in [4.69, 9.17) is 10.5 Å². The van der Waals surface area contributed by atoms with Crippen molar-refractivity contribution in [1.82, 2.24) is 9.97 Å². The third kappa shape index (κ3) is 2.89. The first-order valence-electron chi connectivity index (χ1n) is 6.01. The molecule has 1 heterocycles. The van der Waals surface area contributed by atoms with E-state index in [9.17, 15) is 10.1 Å². The summed E-state index contributed by atoms with van der Waals surface area (Å²) < 4.78 is 0. The van der Waals surface area contributed by atoms with Crippen LogP contribution in [0.25, 0.3) is 0 Å². The standard InChI is InChI=1S/C13H9N7O2/c1-8-13(17-11(7-15)10(6-14)16-8)19-18-9-4-2-3-5-12(9)20(21)22/h2-5,18H,1H3,(H,17,19). The third-order valence-electron chi connectivity index (χ3n) is 2.70. The second-order valence-electron chi connectivity index (χ2n) is 4.10. The van der Waals surface area contributed by atoms with Crippen LogP contribution in [0.2, 0.25) is 0 Å². The van der Waals surface area contributed by atoms with Crippen molar-refractivity contribution in [3.63, 3.8) is 0 Å². The van der Waals surface area contributed by atoms with Crippen LogP contribution in [-0.4, -0.2) is 14.9 Å². The van der Waals surface area contributed by atoms with Gasteiger partial charge in [-0.3, -0.25) is 21.0 Å². The van der Waals surface area contributed by atoms with E-state index < -0.39 is 4.92 Å². The van der Waals surface area contributed by atoms with Gasteiger partial charge in [-0.2, -0.15) is 10.5 Å². The first-order valence-corrected chi connectivity index (χ1v) is 6.01. The van der Waals surface area contributed by atoms with Gasteiger partial charge in [0.1, 0.15) is 17.8 Å². The molecule has 0 aliphatic rings. The number of hydrogen-bond acceptors (Lipinski definition) is 8. The van der Waals surface area contributed by atoms with Gasteiger partial charge in [-0.25, -0.2) is 9.97 Å². The number of benzene rings is 1. The first kappa shape index (κ1) is 14.7. The van der Waals surface area contributed by atoms with Gasteiger partial charge in [0.25, 0.3) is 5.69 Å². The lowest BCUT2D eigenvalue weighted by atomic mass is 10.3. The Hall–Kier alpha value is -3.72. The Morgan fingerprint density at radius 1 is 1.14 bits per heavy atom. The molecule has 2 rings (SSSR count). The second-order valence-corrected chi connectivity index (χ2v) is 4.10. The molecule has 2 aromatic rings. The summed E-state index contributed by atoms with van der Waals surface area (Å²) in [6, 6.07) is 9.59. The molecule has 2 N–H and O–H groups in total. The number of nitro groups is 1. The molecule has 9 nitrogen and oxygen atoms in total. The number of hydrogen-bond donors (Lipinski definition) is 2. The van der Waals surface area contributed by atoms with Crippen molar-refractivity contribution in [2.45, 2.75) is 6.92 Å². The van der Waals surface area contributed by atoms with E-state index >= 15 is 0 Å². The zero-order valence-corrected chi connectivity index (χ0v) is 11.4. The fourth-order valence-electron chi connectivity index (χ4n) is 1.66. The zero-order chi connectivity index (χ0) is 16.1. The quantitative estimate of drug-likeness (QED) is 0.643. The molecule has 0 radical (unpaired) electrons. The van der Waals surface area contributed by atoms with E-state index in [0.29, 0.717) is 5.69 Å². The lowest BCUT2D eigenvalue weighted by molar-refractivity contribution is -0.383. The van der Waals surface area contributed by atoms with Crippen LogP contribution in [0.5, 0.6) is 0 Å². The van der Waals surface area contributed by atoms with Crippen LogP contribution in [0, 0.1) is 39.7 Å². The fourth-order valence-corrected chi connectivity index (χ4v) is 1.66. The summed E-state index contributed by atoms with van der Waals surface area (Å²) in [6.45, 7) is 1.60. The molecular weight excluding hydrogens is 286 g/mol. The van der Waals surface area contributed by atoms with Crippen LogP contribution < -0.4 is 10.9 Å². The molecule has 0 saturated carbocycles. The summed E-state index contributed by atoms with van der Waals surface area (Å²) >= 11 is 0. The highest BCUT2D eigenvalue weighted by atomic mass is 16.6. The molecule has 0 spiro atoms. The van der Waals surface area contributed by atoms with E-state index in [1.54, 1.807) is 31.2 Å². The fraction of sp³-hybridized carbons (Fsp3) is 0.0769. The van der Waals surface area contributed by atoms with Gasteiger partial charge in [-0.1, -0.05) is 12.1 Å².